The molecular weight excluding hydrogens is 272 g/mol. The van der Waals surface area contributed by atoms with Crippen molar-refractivity contribution in [1.82, 2.24) is 5.32 Å². The lowest BCUT2D eigenvalue weighted by molar-refractivity contribution is -0.0261. The molecule has 0 bridgehead atoms. The first-order chi connectivity index (χ1) is 10.1. The minimum absolute atomic E-state index is 0.121. The highest BCUT2D eigenvalue weighted by atomic mass is 16.6. The third-order valence-electron chi connectivity index (χ3n) is 4.26. The van der Waals surface area contributed by atoms with Gasteiger partial charge in [0.15, 0.2) is 0 Å². The zero-order chi connectivity index (χ0) is 14.9. The van der Waals surface area contributed by atoms with Gasteiger partial charge in [-0.05, 0) is 38.1 Å². The van der Waals surface area contributed by atoms with Crippen molar-refractivity contribution in [2.24, 2.45) is 0 Å². The second kappa shape index (κ2) is 5.37. The highest BCUT2D eigenvalue weighted by molar-refractivity contribution is 6.00. The first-order valence-corrected chi connectivity index (χ1v) is 7.15. The molecule has 1 spiro atoms. The number of amides is 1. The zero-order valence-electron chi connectivity index (χ0n) is 11.7. The summed E-state index contributed by atoms with van der Waals surface area (Å²) in [7, 11) is 0. The standard InChI is InChI=1S/C15H18N2O4/c18-13(19)11-3-1-2-4-12(11)17-10-7-15(21-14(17)20)5-8-16-9-6-15/h1-4,16H,5-10H2,(H,18,19). The van der Waals surface area contributed by atoms with Gasteiger partial charge in [0.1, 0.15) is 5.60 Å². The van der Waals surface area contributed by atoms with Gasteiger partial charge in [0, 0.05) is 13.0 Å². The average molecular weight is 290 g/mol. The van der Waals surface area contributed by atoms with Crippen molar-refractivity contribution in [3.63, 3.8) is 0 Å². The molecule has 2 aliphatic rings. The normalized spacial score (nSPS) is 21.1. The summed E-state index contributed by atoms with van der Waals surface area (Å²) >= 11 is 0. The quantitative estimate of drug-likeness (QED) is 0.869. The Bertz CT molecular complexity index is 567. The molecule has 0 saturated carbocycles. The molecule has 2 fully saturated rings. The highest BCUT2D eigenvalue weighted by Gasteiger charge is 2.42. The molecule has 6 nitrogen and oxygen atoms in total. The number of aromatic carboxylic acids is 1. The zero-order valence-corrected chi connectivity index (χ0v) is 11.7. The lowest BCUT2D eigenvalue weighted by Gasteiger charge is -2.43. The predicted octanol–water partition coefficient (Wildman–Crippen LogP) is 1.85. The summed E-state index contributed by atoms with van der Waals surface area (Å²) in [6.45, 7) is 2.18. The minimum atomic E-state index is -1.04. The second-order valence-electron chi connectivity index (χ2n) is 5.52. The number of carbonyl (C=O) groups is 2. The number of carbonyl (C=O) groups excluding carboxylic acids is 1. The summed E-state index contributed by atoms with van der Waals surface area (Å²) in [5.74, 6) is -1.04. The highest BCUT2D eigenvalue weighted by Crippen LogP contribution is 2.34. The number of ether oxygens (including phenoxy) is 1. The molecule has 1 amide bonds. The summed E-state index contributed by atoms with van der Waals surface area (Å²) in [6.07, 6.45) is 1.91. The lowest BCUT2D eigenvalue weighted by atomic mass is 9.87. The van der Waals surface area contributed by atoms with E-state index in [1.807, 2.05) is 0 Å². The number of carboxylic acids is 1. The number of piperidine rings is 1. The number of benzene rings is 1. The molecule has 2 saturated heterocycles. The van der Waals surface area contributed by atoms with Crippen molar-refractivity contribution in [3.05, 3.63) is 29.8 Å². The van der Waals surface area contributed by atoms with E-state index < -0.39 is 12.1 Å². The van der Waals surface area contributed by atoms with E-state index in [0.29, 0.717) is 12.2 Å². The van der Waals surface area contributed by atoms with Gasteiger partial charge >= 0.3 is 12.1 Å². The summed E-state index contributed by atoms with van der Waals surface area (Å²) in [5, 5.41) is 12.5. The predicted molar refractivity (Wildman–Crippen MR) is 76.7 cm³/mol. The molecule has 2 heterocycles. The van der Waals surface area contributed by atoms with Crippen LogP contribution in [0.2, 0.25) is 0 Å². The number of carboxylic acid groups (broad SMARTS) is 1. The molecule has 112 valence electrons. The maximum absolute atomic E-state index is 12.3. The van der Waals surface area contributed by atoms with Crippen LogP contribution in [-0.2, 0) is 4.74 Å². The SMILES string of the molecule is O=C(O)c1ccccc1N1CCC2(CCNCC2)OC1=O. The van der Waals surface area contributed by atoms with Gasteiger partial charge in [0.25, 0.3) is 0 Å². The number of hydrogen-bond donors (Lipinski definition) is 2. The van der Waals surface area contributed by atoms with Crippen molar-refractivity contribution in [1.29, 1.82) is 0 Å². The first-order valence-electron chi connectivity index (χ1n) is 7.15. The summed E-state index contributed by atoms with van der Waals surface area (Å²) < 4.78 is 5.67. The van der Waals surface area contributed by atoms with Crippen LogP contribution in [0.25, 0.3) is 0 Å². The Labute approximate surface area is 122 Å². The van der Waals surface area contributed by atoms with Crippen LogP contribution in [0.3, 0.4) is 0 Å². The smallest absolute Gasteiger partial charge is 0.414 e. The van der Waals surface area contributed by atoms with Gasteiger partial charge < -0.3 is 15.2 Å². The molecule has 21 heavy (non-hydrogen) atoms. The van der Waals surface area contributed by atoms with Gasteiger partial charge in [0.2, 0.25) is 0 Å². The van der Waals surface area contributed by atoms with Crippen LogP contribution in [-0.4, -0.2) is 42.4 Å². The fourth-order valence-electron chi connectivity index (χ4n) is 3.04. The maximum Gasteiger partial charge on any atom is 0.414 e. The number of nitrogens with one attached hydrogen (secondary N) is 1. The monoisotopic (exact) mass is 290 g/mol. The van der Waals surface area contributed by atoms with Crippen LogP contribution in [0.15, 0.2) is 24.3 Å². The van der Waals surface area contributed by atoms with Crippen molar-refractivity contribution >= 4 is 17.7 Å². The van der Waals surface area contributed by atoms with Crippen molar-refractivity contribution in [2.45, 2.75) is 24.9 Å². The van der Waals surface area contributed by atoms with Crippen LogP contribution in [0.1, 0.15) is 29.6 Å². The van der Waals surface area contributed by atoms with E-state index in [1.165, 1.54) is 11.0 Å². The number of anilines is 1. The van der Waals surface area contributed by atoms with E-state index >= 15 is 0 Å². The topological polar surface area (TPSA) is 78.9 Å². The molecule has 2 aliphatic heterocycles. The molecule has 2 N–H and O–H groups in total. The molecule has 1 aromatic rings. The molecule has 3 rings (SSSR count). The molecular formula is C15H18N2O4. The average Bonchev–Trinajstić information content (AvgIpc) is 2.48. The Balaban J connectivity index is 1.83. The second-order valence-corrected chi connectivity index (χ2v) is 5.52. The molecule has 0 aliphatic carbocycles. The van der Waals surface area contributed by atoms with Gasteiger partial charge in [-0.25, -0.2) is 9.59 Å². The number of rotatable bonds is 2. The molecule has 0 atom stereocenters. The largest absolute Gasteiger partial charge is 0.478 e. The lowest BCUT2D eigenvalue weighted by Crippen LogP contribution is -2.54. The molecule has 0 unspecified atom stereocenters. The van der Waals surface area contributed by atoms with E-state index in [2.05, 4.69) is 5.32 Å². The molecule has 1 aromatic carbocycles. The third-order valence-corrected chi connectivity index (χ3v) is 4.26. The number of hydrogen-bond acceptors (Lipinski definition) is 4. The Morgan fingerprint density at radius 2 is 1.95 bits per heavy atom. The number of nitrogens with zero attached hydrogens (tertiary/aromatic N) is 1. The van der Waals surface area contributed by atoms with Crippen molar-refractivity contribution in [2.75, 3.05) is 24.5 Å². The van der Waals surface area contributed by atoms with Crippen LogP contribution >= 0.6 is 0 Å². The van der Waals surface area contributed by atoms with Gasteiger partial charge in [-0.2, -0.15) is 0 Å². The Morgan fingerprint density at radius 3 is 2.62 bits per heavy atom. The fraction of sp³-hybridized carbons (Fsp3) is 0.467. The number of para-hydroxylation sites is 1. The minimum Gasteiger partial charge on any atom is -0.478 e. The molecule has 0 radical (unpaired) electrons. The van der Waals surface area contributed by atoms with E-state index in [9.17, 15) is 14.7 Å². The molecule has 0 aromatic heterocycles. The van der Waals surface area contributed by atoms with Gasteiger partial charge in [-0.1, -0.05) is 12.1 Å². The van der Waals surface area contributed by atoms with Crippen LogP contribution in [0.5, 0.6) is 0 Å². The summed E-state index contributed by atoms with van der Waals surface area (Å²) in [5.41, 5.74) is 0.145. The third kappa shape index (κ3) is 2.58. The Hall–Kier alpha value is -2.08. The van der Waals surface area contributed by atoms with Crippen molar-refractivity contribution in [3.8, 4) is 0 Å². The van der Waals surface area contributed by atoms with E-state index in [0.717, 1.165) is 32.4 Å². The Kier molecular flexibility index (Phi) is 3.55. The van der Waals surface area contributed by atoms with Crippen LogP contribution in [0, 0.1) is 0 Å². The van der Waals surface area contributed by atoms with E-state index in [1.54, 1.807) is 18.2 Å². The van der Waals surface area contributed by atoms with E-state index in [-0.39, 0.29) is 11.2 Å². The van der Waals surface area contributed by atoms with Gasteiger partial charge in [-0.15, -0.1) is 0 Å². The van der Waals surface area contributed by atoms with E-state index in [4.69, 9.17) is 4.74 Å². The van der Waals surface area contributed by atoms with Crippen LogP contribution < -0.4 is 10.2 Å². The fourth-order valence-corrected chi connectivity index (χ4v) is 3.04. The maximum atomic E-state index is 12.3. The first kappa shape index (κ1) is 13.9. The Morgan fingerprint density at radius 1 is 1.24 bits per heavy atom. The van der Waals surface area contributed by atoms with Gasteiger partial charge in [0.05, 0.1) is 11.3 Å². The summed E-state index contributed by atoms with van der Waals surface area (Å²) in [4.78, 5) is 25.0. The summed E-state index contributed by atoms with van der Waals surface area (Å²) in [6, 6.07) is 6.52. The molecule has 6 heteroatoms. The van der Waals surface area contributed by atoms with Crippen molar-refractivity contribution < 1.29 is 19.4 Å². The van der Waals surface area contributed by atoms with Crippen LogP contribution in [0.4, 0.5) is 10.5 Å². The van der Waals surface area contributed by atoms with Gasteiger partial charge in [-0.3, -0.25) is 4.90 Å².